The van der Waals surface area contributed by atoms with Gasteiger partial charge in [0.05, 0.1) is 16.4 Å². The van der Waals surface area contributed by atoms with Gasteiger partial charge in [0.15, 0.2) is 11.4 Å². The van der Waals surface area contributed by atoms with Crippen molar-refractivity contribution in [2.45, 2.75) is 18.9 Å². The molecule has 0 radical (unpaired) electrons. The minimum absolute atomic E-state index is 0.00898. The number of nitrogen functional groups attached to an aromatic ring is 2. The average molecular weight is 894 g/mol. The highest BCUT2D eigenvalue weighted by Crippen LogP contribution is 2.26. The van der Waals surface area contributed by atoms with Crippen LogP contribution in [0.3, 0.4) is 0 Å². The fraction of sp³-hybridized carbons (Fsp3) is 0.122. The van der Waals surface area contributed by atoms with Crippen LogP contribution in [0.2, 0.25) is 0 Å². The molecule has 0 amide bonds. The molecular weight excluding hydrogens is 856 g/mol. The molecule has 4 aromatic heterocycles. The van der Waals surface area contributed by atoms with Gasteiger partial charge in [0.2, 0.25) is 17.8 Å². The summed E-state index contributed by atoms with van der Waals surface area (Å²) in [5.74, 6) is 0.252. The van der Waals surface area contributed by atoms with Crippen LogP contribution in [0.25, 0.3) is 22.3 Å². The van der Waals surface area contributed by atoms with Crippen molar-refractivity contribution in [2.75, 3.05) is 29.9 Å². The van der Waals surface area contributed by atoms with Crippen LogP contribution >= 0.6 is 15.9 Å². The lowest BCUT2D eigenvalue weighted by molar-refractivity contribution is 0.166. The van der Waals surface area contributed by atoms with E-state index >= 15 is 0 Å². The summed E-state index contributed by atoms with van der Waals surface area (Å²) in [7, 11) is -1.59. The van der Waals surface area contributed by atoms with E-state index < -0.39 is 12.9 Å². The van der Waals surface area contributed by atoms with Crippen LogP contribution < -0.4 is 32.3 Å². The number of ether oxygens (including phenoxy) is 1. The fourth-order valence-corrected chi connectivity index (χ4v) is 5.47. The van der Waals surface area contributed by atoms with Crippen LogP contribution in [0.4, 0.5) is 36.7 Å². The number of nitrogens with one attached hydrogen (secondary N) is 2. The smallest absolute Gasteiger partial charge is 0.486 e. The number of pyridine rings is 1. The van der Waals surface area contributed by atoms with Crippen molar-refractivity contribution in [1.82, 2.24) is 40.2 Å². The highest BCUT2D eigenvalue weighted by Gasteiger charge is 2.17. The van der Waals surface area contributed by atoms with Crippen molar-refractivity contribution in [3.8, 4) is 34.1 Å². The zero-order chi connectivity index (χ0) is 43.6. The summed E-state index contributed by atoms with van der Waals surface area (Å²) in [5, 5.41) is 32.7. The molecule has 3 aromatic carbocycles. The predicted molar refractivity (Wildman–Crippen MR) is 228 cm³/mol. The Morgan fingerprint density at radius 1 is 0.721 bits per heavy atom. The molecule has 0 aliphatic carbocycles. The van der Waals surface area contributed by atoms with E-state index in [2.05, 4.69) is 67.5 Å². The maximum atomic E-state index is 13.4. The molecule has 5 heterocycles. The third-order valence-electron chi connectivity index (χ3n) is 8.19. The number of aromatic nitrogens is 7. The number of anilines is 4. The molecule has 61 heavy (non-hydrogen) atoms. The molecule has 0 spiro atoms. The maximum absolute atomic E-state index is 13.4. The lowest BCUT2D eigenvalue weighted by Gasteiger charge is -2.24. The lowest BCUT2D eigenvalue weighted by Crippen LogP contribution is -2.37. The quantitative estimate of drug-likeness (QED) is 0.107. The summed E-state index contributed by atoms with van der Waals surface area (Å²) in [4.78, 5) is 27.8. The van der Waals surface area contributed by atoms with E-state index in [1.165, 1.54) is 48.7 Å². The van der Waals surface area contributed by atoms with Crippen molar-refractivity contribution in [3.63, 3.8) is 0 Å². The Kier molecular flexibility index (Phi) is 16.9. The molecule has 0 saturated carbocycles. The maximum Gasteiger partial charge on any atom is 0.488 e. The molecule has 310 valence electrons. The van der Waals surface area contributed by atoms with Crippen LogP contribution in [-0.2, 0) is 0 Å². The average Bonchev–Trinajstić information content (AvgIpc) is 3.26. The fourth-order valence-electron chi connectivity index (χ4n) is 5.27. The summed E-state index contributed by atoms with van der Waals surface area (Å²) in [6.07, 6.45) is 13.1. The van der Waals surface area contributed by atoms with E-state index in [9.17, 15) is 18.4 Å². The Morgan fingerprint density at radius 3 is 1.74 bits per heavy atom. The van der Waals surface area contributed by atoms with Gasteiger partial charge in [-0.3, -0.25) is 0 Å². The van der Waals surface area contributed by atoms with Gasteiger partial charge in [0.1, 0.15) is 29.6 Å². The van der Waals surface area contributed by atoms with Crippen LogP contribution in [0.5, 0.6) is 5.75 Å². The summed E-state index contributed by atoms with van der Waals surface area (Å²) >= 11 is 3.16. The molecule has 20 heteroatoms. The second-order valence-electron chi connectivity index (χ2n) is 12.7. The highest BCUT2D eigenvalue weighted by atomic mass is 79.9. The van der Waals surface area contributed by atoms with Crippen molar-refractivity contribution < 1.29 is 28.0 Å². The van der Waals surface area contributed by atoms with E-state index in [0.29, 0.717) is 34.5 Å². The standard InChI is InChI=1S/C21H19FN6O.C10H8FN3.C6H6BFO2.C4H4BrN3/c22-16-4-1-3-14(7-16)15-10-26-21(27-11-15)28-17-8-20(19(9-23)25-12-17)29-18-5-2-6-24-13-18;11-9-3-1-2-7(4-9)8-5-13-10(12)14-6-8;8-6-3-1-2-5(4-6)7(9)10;5-3-1-7-4(6)8-2-3/h1,3-4,7-8,10-12,18,24H,2,5-6,13H2,(H,26,27,28);1-6H,(H2,12,13,14);1-4,9-10H;1-2H,(H2,6,7,8). The number of nitrogens with zero attached hydrogens (tertiary/aromatic N) is 8. The van der Waals surface area contributed by atoms with Crippen LogP contribution in [0, 0.1) is 28.8 Å². The molecule has 8 rings (SSSR count). The van der Waals surface area contributed by atoms with Crippen molar-refractivity contribution in [1.29, 1.82) is 5.26 Å². The van der Waals surface area contributed by atoms with Crippen molar-refractivity contribution in [2.24, 2.45) is 0 Å². The van der Waals surface area contributed by atoms with E-state index in [1.807, 2.05) is 0 Å². The molecule has 1 unspecified atom stereocenters. The first-order valence-electron chi connectivity index (χ1n) is 18.3. The Hall–Kier alpha value is -7.05. The molecule has 7 aromatic rings. The Bertz CT molecular complexity index is 2480. The lowest BCUT2D eigenvalue weighted by atomic mass is 9.80. The number of nitrogens with two attached hydrogens (primary N) is 2. The molecule has 15 nitrogen and oxygen atoms in total. The van der Waals surface area contributed by atoms with Gasteiger partial charge in [-0.2, -0.15) is 5.26 Å². The molecule has 1 aliphatic heterocycles. The zero-order valence-electron chi connectivity index (χ0n) is 32.1. The summed E-state index contributed by atoms with van der Waals surface area (Å²) in [6, 6.07) is 21.5. The first-order valence-corrected chi connectivity index (χ1v) is 19.1. The molecule has 1 fully saturated rings. The first-order chi connectivity index (χ1) is 29.4. The number of halogens is 4. The van der Waals surface area contributed by atoms with Gasteiger partial charge >= 0.3 is 7.12 Å². The van der Waals surface area contributed by atoms with Crippen LogP contribution in [0.1, 0.15) is 18.5 Å². The first kappa shape index (κ1) is 45.0. The SMILES string of the molecule is N#Cc1ncc(Nc2ncc(-c3cccc(F)c3)cn2)cc1OC1CCCNC1.Nc1ncc(-c2cccc(F)c2)cn1.Nc1ncc(Br)cn1.OB(O)c1cccc(F)c1. The van der Waals surface area contributed by atoms with E-state index in [-0.39, 0.29) is 34.8 Å². The topological polar surface area (TPSA) is 240 Å². The van der Waals surface area contributed by atoms with Gasteiger partial charge in [-0.05, 0) is 88.3 Å². The summed E-state index contributed by atoms with van der Waals surface area (Å²) in [5.41, 5.74) is 14.4. The third kappa shape index (κ3) is 14.9. The Balaban J connectivity index is 0.000000181. The molecule has 0 bridgehead atoms. The predicted octanol–water partition coefficient (Wildman–Crippen LogP) is 5.62. The largest absolute Gasteiger partial charge is 0.488 e. The van der Waals surface area contributed by atoms with Crippen molar-refractivity contribution >= 4 is 52.0 Å². The highest BCUT2D eigenvalue weighted by molar-refractivity contribution is 9.10. The molecule has 1 atom stereocenters. The number of hydrogen-bond donors (Lipinski definition) is 6. The summed E-state index contributed by atoms with van der Waals surface area (Å²) < 4.78 is 45.4. The third-order valence-corrected chi connectivity index (χ3v) is 8.60. The van der Waals surface area contributed by atoms with E-state index in [0.717, 1.165) is 47.6 Å². The van der Waals surface area contributed by atoms with E-state index in [1.54, 1.807) is 67.5 Å². The molecule has 1 saturated heterocycles. The van der Waals surface area contributed by atoms with Gasteiger partial charge in [-0.15, -0.1) is 0 Å². The van der Waals surface area contributed by atoms with Gasteiger partial charge in [0, 0.05) is 60.9 Å². The van der Waals surface area contributed by atoms with Crippen LogP contribution in [0.15, 0.2) is 127 Å². The van der Waals surface area contributed by atoms with Crippen molar-refractivity contribution in [3.05, 3.63) is 150 Å². The van der Waals surface area contributed by atoms with Gasteiger partial charge < -0.3 is 36.9 Å². The van der Waals surface area contributed by atoms with Crippen LogP contribution in [-0.4, -0.2) is 71.2 Å². The molecular formula is C41H37BBrF3N12O3. The second kappa shape index (κ2) is 22.9. The van der Waals surface area contributed by atoms with Gasteiger partial charge in [-0.1, -0.05) is 36.4 Å². The second-order valence-corrected chi connectivity index (χ2v) is 13.6. The Labute approximate surface area is 357 Å². The normalized spacial score (nSPS) is 12.7. The minimum Gasteiger partial charge on any atom is -0.486 e. The Morgan fingerprint density at radius 2 is 1.26 bits per heavy atom. The summed E-state index contributed by atoms with van der Waals surface area (Å²) in [6.45, 7) is 1.72. The number of benzene rings is 3. The number of hydrogen-bond acceptors (Lipinski definition) is 15. The number of rotatable bonds is 7. The van der Waals surface area contributed by atoms with Gasteiger partial charge in [0.25, 0.3) is 0 Å². The number of piperidine rings is 1. The monoisotopic (exact) mass is 892 g/mol. The molecule has 8 N–H and O–H groups in total. The molecule has 1 aliphatic rings. The minimum atomic E-state index is -1.59. The number of nitriles is 1. The van der Waals surface area contributed by atoms with E-state index in [4.69, 9.17) is 26.3 Å². The van der Waals surface area contributed by atoms with Gasteiger partial charge in [-0.25, -0.2) is 48.1 Å². The zero-order valence-corrected chi connectivity index (χ0v) is 33.7.